The Kier molecular flexibility index (Phi) is 4.18. The van der Waals surface area contributed by atoms with Gasteiger partial charge in [0, 0.05) is 0 Å². The number of aromatic nitrogens is 2. The number of nitrogens with zero attached hydrogens (tertiary/aromatic N) is 1. The van der Waals surface area contributed by atoms with Crippen molar-refractivity contribution in [2.45, 2.75) is 6.54 Å². The van der Waals surface area contributed by atoms with Crippen LogP contribution in [0.4, 0.5) is 0 Å². The van der Waals surface area contributed by atoms with E-state index in [1.807, 2.05) is 53.2 Å². The predicted octanol–water partition coefficient (Wildman–Crippen LogP) is 4.07. The molecule has 2 N–H and O–H groups in total. The number of thiophene rings is 1. The molecule has 0 atom stereocenters. The highest BCUT2D eigenvalue weighted by Crippen LogP contribution is 2.21. The van der Waals surface area contributed by atoms with Crippen molar-refractivity contribution in [2.75, 3.05) is 0 Å². The summed E-state index contributed by atoms with van der Waals surface area (Å²) in [6, 6.07) is 13.3. The first-order chi connectivity index (χ1) is 12.3. The second-order valence-corrected chi connectivity index (χ2v) is 6.26. The molecule has 4 rings (SSSR count). The number of benzene rings is 1. The molecule has 0 unspecified atom stereocenters. The standard InChI is InChI=1S/C19H15N3O2S/c23-19(20-11-14-4-3-8-24-14)15(10-13-7-9-25-12-13)18-21-16-5-1-2-6-17(16)22-18/h1-10,12H,11H2,(H,20,23)(H,21,22)/b15-10+. The van der Waals surface area contributed by atoms with Gasteiger partial charge in [0.25, 0.3) is 5.91 Å². The lowest BCUT2D eigenvalue weighted by atomic mass is 10.1. The molecule has 25 heavy (non-hydrogen) atoms. The molecule has 0 aliphatic rings. The third-order valence-corrected chi connectivity index (χ3v) is 4.45. The number of aromatic amines is 1. The minimum Gasteiger partial charge on any atom is -0.467 e. The Balaban J connectivity index is 1.67. The maximum absolute atomic E-state index is 12.8. The van der Waals surface area contributed by atoms with Crippen molar-refractivity contribution in [1.82, 2.24) is 15.3 Å². The molecule has 6 heteroatoms. The largest absolute Gasteiger partial charge is 0.467 e. The van der Waals surface area contributed by atoms with Crippen LogP contribution in [0.1, 0.15) is 17.1 Å². The van der Waals surface area contributed by atoms with Crippen LogP contribution in [0.2, 0.25) is 0 Å². The van der Waals surface area contributed by atoms with Crippen molar-refractivity contribution < 1.29 is 9.21 Å². The van der Waals surface area contributed by atoms with E-state index in [1.54, 1.807) is 23.7 Å². The van der Waals surface area contributed by atoms with Gasteiger partial charge in [0.2, 0.25) is 0 Å². The normalized spacial score (nSPS) is 11.8. The summed E-state index contributed by atoms with van der Waals surface area (Å²) < 4.78 is 5.27. The smallest absolute Gasteiger partial charge is 0.255 e. The zero-order valence-corrected chi connectivity index (χ0v) is 14.0. The summed E-state index contributed by atoms with van der Waals surface area (Å²) in [5.41, 5.74) is 3.18. The molecule has 124 valence electrons. The fourth-order valence-electron chi connectivity index (χ4n) is 2.52. The molecular formula is C19H15N3O2S. The zero-order chi connectivity index (χ0) is 17.1. The fourth-order valence-corrected chi connectivity index (χ4v) is 3.14. The molecule has 0 spiro atoms. The van der Waals surface area contributed by atoms with E-state index in [1.165, 1.54) is 0 Å². The maximum atomic E-state index is 12.8. The zero-order valence-electron chi connectivity index (χ0n) is 13.2. The molecule has 0 saturated heterocycles. The van der Waals surface area contributed by atoms with E-state index in [0.717, 1.165) is 16.6 Å². The number of H-pyrrole nitrogens is 1. The number of nitrogens with one attached hydrogen (secondary N) is 2. The summed E-state index contributed by atoms with van der Waals surface area (Å²) in [5.74, 6) is 1.04. The van der Waals surface area contributed by atoms with Crippen molar-refractivity contribution >= 4 is 39.9 Å². The summed E-state index contributed by atoms with van der Waals surface area (Å²) in [4.78, 5) is 20.5. The molecule has 0 radical (unpaired) electrons. The first-order valence-corrected chi connectivity index (χ1v) is 8.73. The fraction of sp³-hybridized carbons (Fsp3) is 0.0526. The van der Waals surface area contributed by atoms with Crippen molar-refractivity contribution in [1.29, 1.82) is 0 Å². The van der Waals surface area contributed by atoms with E-state index >= 15 is 0 Å². The summed E-state index contributed by atoms with van der Waals surface area (Å²) >= 11 is 1.58. The Morgan fingerprint density at radius 3 is 2.92 bits per heavy atom. The van der Waals surface area contributed by atoms with Crippen molar-refractivity contribution in [3.8, 4) is 0 Å². The van der Waals surface area contributed by atoms with Crippen molar-refractivity contribution in [3.05, 3.63) is 76.6 Å². The van der Waals surface area contributed by atoms with Crippen LogP contribution in [0, 0.1) is 0 Å². The lowest BCUT2D eigenvalue weighted by molar-refractivity contribution is -0.115. The first-order valence-electron chi connectivity index (χ1n) is 7.79. The van der Waals surface area contributed by atoms with Gasteiger partial charge in [-0.3, -0.25) is 4.79 Å². The van der Waals surface area contributed by atoms with E-state index in [9.17, 15) is 4.79 Å². The molecule has 0 saturated carbocycles. The average molecular weight is 349 g/mol. The van der Waals surface area contributed by atoms with Gasteiger partial charge < -0.3 is 14.7 Å². The van der Waals surface area contributed by atoms with Gasteiger partial charge in [-0.2, -0.15) is 11.3 Å². The van der Waals surface area contributed by atoms with Crippen LogP contribution < -0.4 is 5.32 Å². The number of carbonyl (C=O) groups is 1. The van der Waals surface area contributed by atoms with Gasteiger partial charge in [-0.15, -0.1) is 0 Å². The van der Waals surface area contributed by atoms with Crippen LogP contribution in [0.25, 0.3) is 22.7 Å². The number of rotatable bonds is 5. The molecule has 3 aromatic heterocycles. The topological polar surface area (TPSA) is 70.9 Å². The predicted molar refractivity (Wildman–Crippen MR) is 98.8 cm³/mol. The third-order valence-electron chi connectivity index (χ3n) is 3.75. The SMILES string of the molecule is O=C(NCc1ccco1)/C(=C/c1ccsc1)c1nc2ccccc2[nH]1. The minimum absolute atomic E-state index is 0.207. The number of carbonyl (C=O) groups excluding carboxylic acids is 1. The highest BCUT2D eigenvalue weighted by molar-refractivity contribution is 7.08. The molecule has 0 bridgehead atoms. The lowest BCUT2D eigenvalue weighted by Crippen LogP contribution is -2.24. The molecular weight excluding hydrogens is 334 g/mol. The van der Waals surface area contributed by atoms with E-state index in [0.29, 0.717) is 23.7 Å². The van der Waals surface area contributed by atoms with Gasteiger partial charge in [0.15, 0.2) is 0 Å². The number of hydrogen-bond acceptors (Lipinski definition) is 4. The Morgan fingerprint density at radius 1 is 1.24 bits per heavy atom. The van der Waals surface area contributed by atoms with Crippen LogP contribution >= 0.6 is 11.3 Å². The van der Waals surface area contributed by atoms with Gasteiger partial charge >= 0.3 is 0 Å². The van der Waals surface area contributed by atoms with Gasteiger partial charge in [-0.1, -0.05) is 12.1 Å². The number of hydrogen-bond donors (Lipinski definition) is 2. The third kappa shape index (κ3) is 3.39. The second-order valence-electron chi connectivity index (χ2n) is 5.48. The van der Waals surface area contributed by atoms with Gasteiger partial charge in [-0.05, 0) is 52.7 Å². The minimum atomic E-state index is -0.207. The summed E-state index contributed by atoms with van der Waals surface area (Å²) in [6.07, 6.45) is 3.43. The summed E-state index contributed by atoms with van der Waals surface area (Å²) in [6.45, 7) is 0.326. The first kappa shape index (κ1) is 15.4. The average Bonchev–Trinajstić information content (AvgIpc) is 3.38. The molecule has 3 heterocycles. The Bertz CT molecular complexity index is 981. The van der Waals surface area contributed by atoms with Crippen molar-refractivity contribution in [3.63, 3.8) is 0 Å². The number of fused-ring (bicyclic) bond motifs is 1. The summed E-state index contributed by atoms with van der Waals surface area (Å²) in [5, 5.41) is 6.85. The van der Waals surface area contributed by atoms with E-state index < -0.39 is 0 Å². The monoisotopic (exact) mass is 349 g/mol. The summed E-state index contributed by atoms with van der Waals surface area (Å²) in [7, 11) is 0. The van der Waals surface area contributed by atoms with Crippen LogP contribution in [-0.2, 0) is 11.3 Å². The number of imidazole rings is 1. The number of amides is 1. The lowest BCUT2D eigenvalue weighted by Gasteiger charge is -2.06. The van der Waals surface area contributed by atoms with Crippen LogP contribution in [0.15, 0.2) is 63.9 Å². The number of para-hydroxylation sites is 2. The van der Waals surface area contributed by atoms with Gasteiger partial charge in [-0.25, -0.2) is 4.98 Å². The van der Waals surface area contributed by atoms with Crippen LogP contribution in [0.3, 0.4) is 0 Å². The highest BCUT2D eigenvalue weighted by Gasteiger charge is 2.16. The van der Waals surface area contributed by atoms with E-state index in [2.05, 4.69) is 15.3 Å². The molecule has 0 aliphatic carbocycles. The number of furan rings is 1. The second kappa shape index (κ2) is 6.78. The molecule has 1 aromatic carbocycles. The maximum Gasteiger partial charge on any atom is 0.255 e. The van der Waals surface area contributed by atoms with E-state index in [-0.39, 0.29) is 5.91 Å². The molecule has 4 aromatic rings. The Hall–Kier alpha value is -3.12. The Labute approximate surface area is 148 Å². The van der Waals surface area contributed by atoms with Gasteiger partial charge in [0.05, 0.1) is 29.4 Å². The van der Waals surface area contributed by atoms with Crippen molar-refractivity contribution in [2.24, 2.45) is 0 Å². The highest BCUT2D eigenvalue weighted by atomic mass is 32.1. The van der Waals surface area contributed by atoms with Crippen LogP contribution in [0.5, 0.6) is 0 Å². The van der Waals surface area contributed by atoms with E-state index in [4.69, 9.17) is 4.42 Å². The quantitative estimate of drug-likeness (QED) is 0.534. The van der Waals surface area contributed by atoms with Gasteiger partial charge in [0.1, 0.15) is 11.6 Å². The molecule has 0 aliphatic heterocycles. The molecule has 5 nitrogen and oxygen atoms in total. The Morgan fingerprint density at radius 2 is 2.16 bits per heavy atom. The van der Waals surface area contributed by atoms with Crippen LogP contribution in [-0.4, -0.2) is 15.9 Å². The molecule has 0 fully saturated rings. The molecule has 1 amide bonds.